The van der Waals surface area contributed by atoms with Crippen LogP contribution in [0.3, 0.4) is 0 Å². The first-order chi connectivity index (χ1) is 15.6. The van der Waals surface area contributed by atoms with E-state index in [2.05, 4.69) is 10.2 Å². The van der Waals surface area contributed by atoms with Crippen molar-refractivity contribution in [2.45, 2.75) is 37.9 Å². The van der Waals surface area contributed by atoms with E-state index in [4.69, 9.17) is 0 Å². The molecule has 1 aromatic heterocycles. The largest absolute Gasteiger partial charge is 0.302 e. The molecule has 0 amide bonds. The van der Waals surface area contributed by atoms with Gasteiger partial charge in [-0.3, -0.25) is 9.59 Å². The number of allylic oxidation sites excluding steroid dienone is 4. The SMILES string of the molecule is CCn1c(SCC(=O)Cc2ccc(CC(=O)C3=CC=CC3)cc2)nnc1-c1ccccc1. The van der Waals surface area contributed by atoms with Crippen LogP contribution in [0.5, 0.6) is 0 Å². The lowest BCUT2D eigenvalue weighted by atomic mass is 10.0. The summed E-state index contributed by atoms with van der Waals surface area (Å²) in [5.74, 6) is 1.45. The second-order valence-electron chi connectivity index (χ2n) is 7.66. The average Bonchev–Trinajstić information content (AvgIpc) is 3.50. The summed E-state index contributed by atoms with van der Waals surface area (Å²) in [6, 6.07) is 17.7. The lowest BCUT2D eigenvalue weighted by Crippen LogP contribution is -2.08. The van der Waals surface area contributed by atoms with Gasteiger partial charge in [0, 0.05) is 24.9 Å². The maximum atomic E-state index is 12.6. The number of thioether (sulfide) groups is 1. The summed E-state index contributed by atoms with van der Waals surface area (Å²) in [4.78, 5) is 24.8. The van der Waals surface area contributed by atoms with Gasteiger partial charge in [-0.15, -0.1) is 10.2 Å². The predicted octanol–water partition coefficient (Wildman–Crippen LogP) is 4.87. The van der Waals surface area contributed by atoms with E-state index in [1.165, 1.54) is 11.8 Å². The predicted molar refractivity (Wildman–Crippen MR) is 128 cm³/mol. The number of Topliss-reactive ketones (excluding diaryl/α,β-unsaturated/α-hetero) is 2. The number of hydrogen-bond acceptors (Lipinski definition) is 5. The normalized spacial score (nSPS) is 12.7. The topological polar surface area (TPSA) is 64.8 Å². The summed E-state index contributed by atoms with van der Waals surface area (Å²) in [7, 11) is 0. The molecule has 1 heterocycles. The van der Waals surface area contributed by atoms with Crippen molar-refractivity contribution >= 4 is 23.3 Å². The zero-order chi connectivity index (χ0) is 22.3. The van der Waals surface area contributed by atoms with Gasteiger partial charge in [0.15, 0.2) is 16.8 Å². The van der Waals surface area contributed by atoms with Gasteiger partial charge in [0.05, 0.1) is 5.75 Å². The van der Waals surface area contributed by atoms with Crippen LogP contribution < -0.4 is 0 Å². The van der Waals surface area contributed by atoms with Gasteiger partial charge in [-0.05, 0) is 30.0 Å². The molecule has 0 fully saturated rings. The van der Waals surface area contributed by atoms with E-state index in [1.807, 2.05) is 84.3 Å². The molecular formula is C26H25N3O2S. The molecule has 32 heavy (non-hydrogen) atoms. The Morgan fingerprint density at radius 1 is 0.969 bits per heavy atom. The minimum absolute atomic E-state index is 0.132. The van der Waals surface area contributed by atoms with Crippen molar-refractivity contribution in [2.75, 3.05) is 5.75 Å². The number of ketones is 2. The Bertz CT molecular complexity index is 1160. The number of carbonyl (C=O) groups excluding carboxylic acids is 2. The highest BCUT2D eigenvalue weighted by atomic mass is 32.2. The summed E-state index contributed by atoms with van der Waals surface area (Å²) in [5.41, 5.74) is 3.80. The van der Waals surface area contributed by atoms with Crippen LogP contribution >= 0.6 is 11.8 Å². The molecule has 1 aliphatic carbocycles. The first-order valence-electron chi connectivity index (χ1n) is 10.7. The summed E-state index contributed by atoms with van der Waals surface area (Å²) in [5, 5.41) is 9.38. The number of benzene rings is 2. The number of aromatic nitrogens is 3. The molecule has 0 radical (unpaired) electrons. The highest BCUT2D eigenvalue weighted by Gasteiger charge is 2.15. The second kappa shape index (κ2) is 10.4. The van der Waals surface area contributed by atoms with Crippen LogP contribution in [0.2, 0.25) is 0 Å². The summed E-state index contributed by atoms with van der Waals surface area (Å²) < 4.78 is 2.04. The monoisotopic (exact) mass is 443 g/mol. The lowest BCUT2D eigenvalue weighted by molar-refractivity contribution is -0.116. The fraction of sp³-hybridized carbons (Fsp3) is 0.231. The Kier molecular flexibility index (Phi) is 7.12. The van der Waals surface area contributed by atoms with E-state index in [1.54, 1.807) is 0 Å². The highest BCUT2D eigenvalue weighted by molar-refractivity contribution is 7.99. The highest BCUT2D eigenvalue weighted by Crippen LogP contribution is 2.24. The quantitative estimate of drug-likeness (QED) is 0.419. The third-order valence-electron chi connectivity index (χ3n) is 5.35. The molecule has 0 unspecified atom stereocenters. The summed E-state index contributed by atoms with van der Waals surface area (Å²) in [6.07, 6.45) is 7.28. The van der Waals surface area contributed by atoms with E-state index in [9.17, 15) is 9.59 Å². The molecule has 0 N–H and O–H groups in total. The third-order valence-corrected chi connectivity index (χ3v) is 6.37. The van der Waals surface area contributed by atoms with Gasteiger partial charge in [-0.25, -0.2) is 0 Å². The van der Waals surface area contributed by atoms with Gasteiger partial charge in [0.1, 0.15) is 5.78 Å². The molecular weight excluding hydrogens is 418 g/mol. The van der Waals surface area contributed by atoms with Crippen LogP contribution in [-0.4, -0.2) is 32.1 Å². The molecule has 0 spiro atoms. The van der Waals surface area contributed by atoms with Crippen LogP contribution in [0, 0.1) is 0 Å². The van der Waals surface area contributed by atoms with E-state index < -0.39 is 0 Å². The summed E-state index contributed by atoms with van der Waals surface area (Å²) >= 11 is 1.42. The number of hydrogen-bond donors (Lipinski definition) is 0. The smallest absolute Gasteiger partial charge is 0.191 e. The first-order valence-corrected chi connectivity index (χ1v) is 11.7. The Morgan fingerprint density at radius 3 is 2.34 bits per heavy atom. The molecule has 162 valence electrons. The van der Waals surface area contributed by atoms with Gasteiger partial charge >= 0.3 is 0 Å². The Labute approximate surface area is 192 Å². The number of rotatable bonds is 10. The van der Waals surface area contributed by atoms with Crippen LogP contribution in [-0.2, 0) is 29.0 Å². The standard InChI is InChI=1S/C26H25N3O2S/c1-2-29-25(22-10-4-3-5-11-22)27-28-26(29)32-18-23(30)16-19-12-14-20(15-13-19)17-24(31)21-8-6-7-9-21/h3-8,10-15H,2,9,16-18H2,1H3. The van der Waals surface area contributed by atoms with Gasteiger partial charge < -0.3 is 4.57 Å². The van der Waals surface area contributed by atoms with Crippen LogP contribution in [0.25, 0.3) is 11.4 Å². The lowest BCUT2D eigenvalue weighted by Gasteiger charge is -2.07. The third kappa shape index (κ3) is 5.32. The number of nitrogens with zero attached hydrogens (tertiary/aromatic N) is 3. The van der Waals surface area contributed by atoms with E-state index in [-0.39, 0.29) is 11.6 Å². The van der Waals surface area contributed by atoms with Crippen molar-refractivity contribution in [3.05, 3.63) is 89.5 Å². The van der Waals surface area contributed by atoms with Crippen molar-refractivity contribution in [3.63, 3.8) is 0 Å². The molecule has 5 nitrogen and oxygen atoms in total. The van der Waals surface area contributed by atoms with Crippen molar-refractivity contribution in [1.29, 1.82) is 0 Å². The molecule has 0 saturated carbocycles. The molecule has 0 bridgehead atoms. The molecule has 2 aromatic carbocycles. The van der Waals surface area contributed by atoms with Crippen LogP contribution in [0.1, 0.15) is 24.5 Å². The fourth-order valence-electron chi connectivity index (χ4n) is 3.63. The van der Waals surface area contributed by atoms with Crippen molar-refractivity contribution in [2.24, 2.45) is 0 Å². The van der Waals surface area contributed by atoms with Crippen LogP contribution in [0.15, 0.2) is 83.6 Å². The Morgan fingerprint density at radius 2 is 1.69 bits per heavy atom. The maximum Gasteiger partial charge on any atom is 0.191 e. The molecule has 6 heteroatoms. The Hall–Kier alpha value is -3.25. The molecule has 0 aliphatic heterocycles. The van der Waals surface area contributed by atoms with Crippen LogP contribution in [0.4, 0.5) is 0 Å². The molecule has 1 aliphatic rings. The molecule has 4 rings (SSSR count). The first kappa shape index (κ1) is 22.0. The van der Waals surface area contributed by atoms with Gasteiger partial charge in [-0.2, -0.15) is 0 Å². The molecule has 3 aromatic rings. The van der Waals surface area contributed by atoms with Crippen molar-refractivity contribution in [1.82, 2.24) is 14.8 Å². The number of carbonyl (C=O) groups is 2. The van der Waals surface area contributed by atoms with Crippen molar-refractivity contribution < 1.29 is 9.59 Å². The minimum atomic E-state index is 0.132. The summed E-state index contributed by atoms with van der Waals surface area (Å²) in [6.45, 7) is 2.79. The van der Waals surface area contributed by atoms with Crippen molar-refractivity contribution in [3.8, 4) is 11.4 Å². The van der Waals surface area contributed by atoms with E-state index >= 15 is 0 Å². The fourth-order valence-corrected chi connectivity index (χ4v) is 4.50. The Balaban J connectivity index is 1.31. The zero-order valence-corrected chi connectivity index (χ0v) is 18.8. The van der Waals surface area contributed by atoms with E-state index in [0.717, 1.165) is 46.2 Å². The maximum absolute atomic E-state index is 12.6. The molecule has 0 saturated heterocycles. The van der Waals surface area contributed by atoms with Gasteiger partial charge in [-0.1, -0.05) is 84.6 Å². The molecule has 0 atom stereocenters. The zero-order valence-electron chi connectivity index (χ0n) is 18.0. The van der Waals surface area contributed by atoms with Gasteiger partial charge in [0.2, 0.25) is 0 Å². The van der Waals surface area contributed by atoms with E-state index in [0.29, 0.717) is 18.6 Å². The average molecular weight is 444 g/mol. The second-order valence-corrected chi connectivity index (χ2v) is 8.60. The van der Waals surface area contributed by atoms with Gasteiger partial charge in [0.25, 0.3) is 0 Å². The minimum Gasteiger partial charge on any atom is -0.302 e.